The fourth-order valence-corrected chi connectivity index (χ4v) is 1.48. The fraction of sp³-hybridized carbons (Fsp3) is 0.800. The van der Waals surface area contributed by atoms with Gasteiger partial charge < -0.3 is 14.8 Å². The van der Waals surface area contributed by atoms with Crippen molar-refractivity contribution < 1.29 is 19.1 Å². The Kier molecular flexibility index (Phi) is 6.25. The maximum absolute atomic E-state index is 11.4. The molecule has 1 atom stereocenters. The third kappa shape index (κ3) is 6.55. The summed E-state index contributed by atoms with van der Waals surface area (Å²) < 4.78 is 9.62. The molecule has 0 aliphatic carbocycles. The van der Waals surface area contributed by atoms with Crippen LogP contribution in [0, 0.1) is 0 Å². The maximum Gasteiger partial charge on any atom is 0.408 e. The smallest absolute Gasteiger partial charge is 0.408 e. The number of hydrogen-bond acceptors (Lipinski definition) is 5. The molecule has 0 saturated heterocycles. The van der Waals surface area contributed by atoms with Gasteiger partial charge in [-0.15, -0.1) is 0 Å². The van der Waals surface area contributed by atoms with Crippen LogP contribution in [0.4, 0.5) is 4.79 Å². The predicted molar refractivity (Wildman–Crippen MR) is 63.6 cm³/mol. The Hall–Kier alpha value is -0.910. The van der Waals surface area contributed by atoms with Gasteiger partial charge in [-0.25, -0.2) is 9.59 Å². The van der Waals surface area contributed by atoms with Gasteiger partial charge in [0.1, 0.15) is 11.6 Å². The normalized spacial score (nSPS) is 12.8. The largest absolute Gasteiger partial charge is 0.467 e. The molecule has 0 rings (SSSR count). The molecule has 0 fully saturated rings. The van der Waals surface area contributed by atoms with E-state index in [1.54, 1.807) is 20.8 Å². The topological polar surface area (TPSA) is 64.6 Å². The Bertz CT molecular complexity index is 250. The first-order valence-corrected chi connectivity index (χ1v) is 6.26. The van der Waals surface area contributed by atoms with E-state index >= 15 is 0 Å². The molecule has 0 unspecified atom stereocenters. The first-order chi connectivity index (χ1) is 7.30. The van der Waals surface area contributed by atoms with Gasteiger partial charge in [-0.2, -0.15) is 11.8 Å². The highest BCUT2D eigenvalue weighted by Crippen LogP contribution is 2.07. The molecule has 0 saturated carbocycles. The van der Waals surface area contributed by atoms with Crippen LogP contribution in [0.5, 0.6) is 0 Å². The van der Waals surface area contributed by atoms with Crippen LogP contribution in [-0.4, -0.2) is 42.8 Å². The summed E-state index contributed by atoms with van der Waals surface area (Å²) in [4.78, 5) is 22.7. The number of thioether (sulfide) groups is 1. The summed E-state index contributed by atoms with van der Waals surface area (Å²) in [6.07, 6.45) is 1.23. The quantitative estimate of drug-likeness (QED) is 0.763. The summed E-state index contributed by atoms with van der Waals surface area (Å²) in [6.45, 7) is 5.27. The lowest BCUT2D eigenvalue weighted by atomic mass is 10.2. The third-order valence-electron chi connectivity index (χ3n) is 1.51. The summed E-state index contributed by atoms with van der Waals surface area (Å²) in [6, 6.07) is -0.671. The number of rotatable bonds is 4. The molecule has 1 N–H and O–H groups in total. The number of carbonyl (C=O) groups excluding carboxylic acids is 2. The molecule has 0 radical (unpaired) electrons. The Morgan fingerprint density at radius 3 is 2.31 bits per heavy atom. The number of esters is 1. The van der Waals surface area contributed by atoms with Crippen LogP contribution in [0.15, 0.2) is 0 Å². The molecular formula is C10H19NO4S. The Labute approximate surface area is 100 Å². The van der Waals surface area contributed by atoms with Gasteiger partial charge in [0, 0.05) is 5.75 Å². The van der Waals surface area contributed by atoms with Gasteiger partial charge in [0.25, 0.3) is 0 Å². The third-order valence-corrected chi connectivity index (χ3v) is 2.18. The first-order valence-electron chi connectivity index (χ1n) is 4.86. The number of nitrogens with one attached hydrogen (secondary N) is 1. The van der Waals surface area contributed by atoms with E-state index in [0.717, 1.165) is 0 Å². The van der Waals surface area contributed by atoms with E-state index in [-0.39, 0.29) is 0 Å². The Balaban J connectivity index is 4.29. The van der Waals surface area contributed by atoms with E-state index in [2.05, 4.69) is 10.1 Å². The van der Waals surface area contributed by atoms with Crippen LogP contribution in [0.1, 0.15) is 20.8 Å². The van der Waals surface area contributed by atoms with E-state index < -0.39 is 23.7 Å². The Morgan fingerprint density at radius 1 is 1.38 bits per heavy atom. The molecule has 0 aliphatic rings. The van der Waals surface area contributed by atoms with Crippen molar-refractivity contribution in [1.29, 1.82) is 0 Å². The number of methoxy groups -OCH3 is 1. The molecule has 6 heteroatoms. The second-order valence-electron chi connectivity index (χ2n) is 4.18. The second kappa shape index (κ2) is 6.62. The molecule has 0 bridgehead atoms. The molecule has 0 heterocycles. The van der Waals surface area contributed by atoms with Gasteiger partial charge in [0.05, 0.1) is 7.11 Å². The van der Waals surface area contributed by atoms with E-state index in [9.17, 15) is 9.59 Å². The summed E-state index contributed by atoms with van der Waals surface area (Å²) in [5, 5.41) is 2.47. The van der Waals surface area contributed by atoms with Crippen LogP contribution < -0.4 is 5.32 Å². The van der Waals surface area contributed by atoms with Crippen molar-refractivity contribution in [2.45, 2.75) is 32.4 Å². The van der Waals surface area contributed by atoms with Crippen molar-refractivity contribution in [3.63, 3.8) is 0 Å². The minimum Gasteiger partial charge on any atom is -0.467 e. The monoisotopic (exact) mass is 249 g/mol. The van der Waals surface area contributed by atoms with E-state index in [1.807, 2.05) is 6.26 Å². The minimum atomic E-state index is -0.671. The predicted octanol–water partition coefficient (Wildman–Crippen LogP) is 1.42. The van der Waals surface area contributed by atoms with Crippen molar-refractivity contribution in [1.82, 2.24) is 5.32 Å². The number of amides is 1. The average Bonchev–Trinajstić information content (AvgIpc) is 2.13. The van der Waals surface area contributed by atoms with E-state index in [4.69, 9.17) is 4.74 Å². The highest BCUT2D eigenvalue weighted by atomic mass is 32.2. The molecule has 16 heavy (non-hydrogen) atoms. The number of carbonyl (C=O) groups is 2. The van der Waals surface area contributed by atoms with Gasteiger partial charge in [-0.05, 0) is 27.0 Å². The SMILES string of the molecule is COC(=O)[C@@H](CSC)NC(=O)OC(C)(C)C. The highest BCUT2D eigenvalue weighted by Gasteiger charge is 2.24. The van der Waals surface area contributed by atoms with Gasteiger partial charge in [0.2, 0.25) is 0 Å². The van der Waals surface area contributed by atoms with Crippen LogP contribution in [0.2, 0.25) is 0 Å². The highest BCUT2D eigenvalue weighted by molar-refractivity contribution is 7.98. The van der Waals surface area contributed by atoms with Crippen molar-refractivity contribution in [2.75, 3.05) is 19.1 Å². The lowest BCUT2D eigenvalue weighted by Crippen LogP contribution is -2.45. The number of alkyl carbamates (subject to hydrolysis) is 1. The van der Waals surface area contributed by atoms with Gasteiger partial charge in [-0.1, -0.05) is 0 Å². The van der Waals surface area contributed by atoms with Crippen molar-refractivity contribution in [2.24, 2.45) is 0 Å². The molecule has 1 amide bonds. The molecular weight excluding hydrogens is 230 g/mol. The molecule has 94 valence electrons. The van der Waals surface area contributed by atoms with Crippen molar-refractivity contribution >= 4 is 23.8 Å². The zero-order valence-electron chi connectivity index (χ0n) is 10.3. The fourth-order valence-electron chi connectivity index (χ4n) is 0.927. The van der Waals surface area contributed by atoms with Gasteiger partial charge in [-0.3, -0.25) is 0 Å². The molecule has 0 aliphatic heterocycles. The molecule has 0 aromatic carbocycles. The molecule has 0 spiro atoms. The summed E-state index contributed by atoms with van der Waals surface area (Å²) in [5.74, 6) is -0.0217. The maximum atomic E-state index is 11.4. The van der Waals surface area contributed by atoms with E-state index in [1.165, 1.54) is 18.9 Å². The zero-order chi connectivity index (χ0) is 12.8. The molecule has 0 aromatic rings. The first kappa shape index (κ1) is 15.1. The van der Waals surface area contributed by atoms with Gasteiger partial charge in [0.15, 0.2) is 0 Å². The minimum absolute atomic E-state index is 0.450. The van der Waals surface area contributed by atoms with Crippen LogP contribution in [0.3, 0.4) is 0 Å². The lowest BCUT2D eigenvalue weighted by molar-refractivity contribution is -0.142. The van der Waals surface area contributed by atoms with E-state index in [0.29, 0.717) is 5.75 Å². The number of ether oxygens (including phenoxy) is 2. The standard InChI is InChI=1S/C10H19NO4S/c1-10(2,3)15-9(13)11-7(6-16-5)8(12)14-4/h7H,6H2,1-5H3,(H,11,13)/t7-/m1/s1. The Morgan fingerprint density at radius 2 is 1.94 bits per heavy atom. The zero-order valence-corrected chi connectivity index (χ0v) is 11.1. The van der Waals surface area contributed by atoms with Crippen LogP contribution in [0.25, 0.3) is 0 Å². The molecule has 5 nitrogen and oxygen atoms in total. The summed E-state index contributed by atoms with van der Waals surface area (Å²) in [7, 11) is 1.28. The van der Waals surface area contributed by atoms with Crippen molar-refractivity contribution in [3.05, 3.63) is 0 Å². The van der Waals surface area contributed by atoms with Crippen molar-refractivity contribution in [3.8, 4) is 0 Å². The summed E-state index contributed by atoms with van der Waals surface area (Å²) in [5.41, 5.74) is -0.579. The lowest BCUT2D eigenvalue weighted by Gasteiger charge is -2.22. The summed E-state index contributed by atoms with van der Waals surface area (Å²) >= 11 is 1.44. The molecule has 0 aromatic heterocycles. The van der Waals surface area contributed by atoms with Crippen LogP contribution in [-0.2, 0) is 14.3 Å². The second-order valence-corrected chi connectivity index (χ2v) is 5.09. The number of hydrogen-bond donors (Lipinski definition) is 1. The van der Waals surface area contributed by atoms with Crippen LogP contribution >= 0.6 is 11.8 Å². The average molecular weight is 249 g/mol. The van der Waals surface area contributed by atoms with Gasteiger partial charge >= 0.3 is 12.1 Å².